The van der Waals surface area contributed by atoms with Crippen LogP contribution in [0.1, 0.15) is 38.2 Å². The molecule has 1 saturated heterocycles. The third-order valence-corrected chi connectivity index (χ3v) is 6.04. The lowest BCUT2D eigenvalue weighted by atomic mass is 10.1. The summed E-state index contributed by atoms with van der Waals surface area (Å²) in [5.41, 5.74) is 1.37. The van der Waals surface area contributed by atoms with Gasteiger partial charge in [0.2, 0.25) is 0 Å². The molecule has 6 heteroatoms. The van der Waals surface area contributed by atoms with Gasteiger partial charge >= 0.3 is 0 Å². The molecule has 1 saturated carbocycles. The largest absolute Gasteiger partial charge is 0.356 e. The van der Waals surface area contributed by atoms with Crippen LogP contribution in [-0.2, 0) is 6.54 Å². The van der Waals surface area contributed by atoms with Gasteiger partial charge < -0.3 is 15.5 Å². The van der Waals surface area contributed by atoms with E-state index in [0.717, 1.165) is 44.0 Å². The molecule has 0 bridgehead atoms. The number of guanidine groups is 1. The van der Waals surface area contributed by atoms with E-state index in [2.05, 4.69) is 69.7 Å². The fourth-order valence-electron chi connectivity index (χ4n) is 3.91. The monoisotopic (exact) mass is 499 g/mol. The van der Waals surface area contributed by atoms with Crippen LogP contribution in [0.15, 0.2) is 35.3 Å². The molecule has 28 heavy (non-hydrogen) atoms. The van der Waals surface area contributed by atoms with E-state index in [1.807, 2.05) is 7.05 Å². The molecule has 2 unspecified atom stereocenters. The molecule has 1 heterocycles. The molecule has 5 nitrogen and oxygen atoms in total. The molecule has 2 fully saturated rings. The number of nitrogens with one attached hydrogen (secondary N) is 2. The van der Waals surface area contributed by atoms with Gasteiger partial charge in [0, 0.05) is 45.3 Å². The molecular weight excluding hydrogens is 461 g/mol. The Labute approximate surface area is 188 Å². The van der Waals surface area contributed by atoms with Gasteiger partial charge in [-0.15, -0.1) is 24.0 Å². The van der Waals surface area contributed by atoms with E-state index in [4.69, 9.17) is 0 Å². The van der Waals surface area contributed by atoms with E-state index in [-0.39, 0.29) is 24.0 Å². The van der Waals surface area contributed by atoms with Gasteiger partial charge in [-0.25, -0.2) is 0 Å². The summed E-state index contributed by atoms with van der Waals surface area (Å²) in [5, 5.41) is 7.02. The molecule has 1 aliphatic carbocycles. The Kier molecular flexibility index (Phi) is 10.0. The lowest BCUT2D eigenvalue weighted by molar-refractivity contribution is 0.238. The molecule has 0 amide bonds. The van der Waals surface area contributed by atoms with Crippen LogP contribution in [0.2, 0.25) is 0 Å². The van der Waals surface area contributed by atoms with Crippen LogP contribution >= 0.6 is 24.0 Å². The van der Waals surface area contributed by atoms with E-state index < -0.39 is 0 Å². The molecule has 2 aliphatic rings. The molecule has 0 radical (unpaired) electrons. The first-order chi connectivity index (χ1) is 13.2. The molecule has 2 N–H and O–H groups in total. The van der Waals surface area contributed by atoms with Crippen LogP contribution in [0, 0.1) is 5.92 Å². The fourth-order valence-corrected chi connectivity index (χ4v) is 3.91. The predicted octanol–water partition coefficient (Wildman–Crippen LogP) is 3.16. The predicted molar refractivity (Wildman–Crippen MR) is 129 cm³/mol. The number of hydrogen-bond acceptors (Lipinski definition) is 3. The Morgan fingerprint density at radius 3 is 2.64 bits per heavy atom. The quantitative estimate of drug-likeness (QED) is 0.311. The Morgan fingerprint density at radius 2 is 1.96 bits per heavy atom. The van der Waals surface area contributed by atoms with E-state index in [9.17, 15) is 0 Å². The van der Waals surface area contributed by atoms with Gasteiger partial charge in [-0.1, -0.05) is 30.3 Å². The first-order valence-electron chi connectivity index (χ1n) is 10.6. The summed E-state index contributed by atoms with van der Waals surface area (Å²) in [7, 11) is 4.07. The number of halogens is 1. The van der Waals surface area contributed by atoms with E-state index in [1.54, 1.807) is 0 Å². The molecule has 1 aliphatic heterocycles. The summed E-state index contributed by atoms with van der Waals surface area (Å²) in [6.07, 6.45) is 5.26. The molecular formula is C22H38IN5. The zero-order valence-electron chi connectivity index (χ0n) is 17.7. The highest BCUT2D eigenvalue weighted by Gasteiger charge is 2.34. The average molecular weight is 499 g/mol. The topological polar surface area (TPSA) is 42.9 Å². The van der Waals surface area contributed by atoms with Crippen LogP contribution in [0.5, 0.6) is 0 Å². The second-order valence-electron chi connectivity index (χ2n) is 8.30. The normalized spacial score (nSPS) is 21.4. The van der Waals surface area contributed by atoms with Gasteiger partial charge in [0.05, 0.1) is 0 Å². The van der Waals surface area contributed by atoms with Gasteiger partial charge in [0.1, 0.15) is 0 Å². The van der Waals surface area contributed by atoms with E-state index in [1.165, 1.54) is 37.9 Å². The van der Waals surface area contributed by atoms with E-state index >= 15 is 0 Å². The second-order valence-corrected chi connectivity index (χ2v) is 8.30. The Hall–Kier alpha value is -0.860. The van der Waals surface area contributed by atoms with Crippen molar-refractivity contribution in [1.82, 2.24) is 20.4 Å². The standard InChI is InChI=1S/C22H37N5.HI/c1-18(26(3)16-19-7-5-4-6-8-19)11-13-24-22(23-2)25-15-20-12-14-27(17-20)21-9-10-21;/h4-8,18,20-21H,9-17H2,1-3H3,(H2,23,24,25);1H. The van der Waals surface area contributed by atoms with Crippen LogP contribution in [0.4, 0.5) is 0 Å². The van der Waals surface area contributed by atoms with Crippen molar-refractivity contribution in [2.24, 2.45) is 10.9 Å². The van der Waals surface area contributed by atoms with Crippen molar-refractivity contribution in [2.75, 3.05) is 40.3 Å². The number of aliphatic imine (C=N–C) groups is 1. The fraction of sp³-hybridized carbons (Fsp3) is 0.682. The average Bonchev–Trinajstić information content (AvgIpc) is 3.43. The molecule has 0 spiro atoms. The van der Waals surface area contributed by atoms with Crippen molar-refractivity contribution in [3.63, 3.8) is 0 Å². The molecule has 1 aromatic carbocycles. The lowest BCUT2D eigenvalue weighted by Gasteiger charge is -2.25. The zero-order valence-corrected chi connectivity index (χ0v) is 20.1. The summed E-state index contributed by atoms with van der Waals surface area (Å²) in [4.78, 5) is 9.48. The third-order valence-electron chi connectivity index (χ3n) is 6.04. The Balaban J connectivity index is 0.00000280. The maximum Gasteiger partial charge on any atom is 0.190 e. The summed E-state index contributed by atoms with van der Waals surface area (Å²) in [5.74, 6) is 1.71. The number of benzene rings is 1. The first kappa shape index (κ1) is 23.4. The molecule has 158 valence electrons. The van der Waals surface area contributed by atoms with Crippen LogP contribution < -0.4 is 10.6 Å². The van der Waals surface area contributed by atoms with Crippen molar-refractivity contribution in [3.05, 3.63) is 35.9 Å². The minimum Gasteiger partial charge on any atom is -0.356 e. The molecule has 3 rings (SSSR count). The highest BCUT2D eigenvalue weighted by Crippen LogP contribution is 2.31. The van der Waals surface area contributed by atoms with Gasteiger partial charge in [-0.2, -0.15) is 0 Å². The van der Waals surface area contributed by atoms with E-state index in [0.29, 0.717) is 6.04 Å². The summed E-state index contributed by atoms with van der Waals surface area (Å²) < 4.78 is 0. The van der Waals surface area contributed by atoms with Gasteiger partial charge in [-0.3, -0.25) is 9.89 Å². The van der Waals surface area contributed by atoms with Crippen molar-refractivity contribution in [3.8, 4) is 0 Å². The summed E-state index contributed by atoms with van der Waals surface area (Å²) in [6, 6.07) is 12.1. The first-order valence-corrected chi connectivity index (χ1v) is 10.6. The van der Waals surface area contributed by atoms with Crippen LogP contribution in [0.25, 0.3) is 0 Å². The Morgan fingerprint density at radius 1 is 1.21 bits per heavy atom. The smallest absolute Gasteiger partial charge is 0.190 e. The number of likely N-dealkylation sites (tertiary alicyclic amines) is 1. The minimum absolute atomic E-state index is 0. The number of rotatable bonds is 9. The summed E-state index contributed by atoms with van der Waals surface area (Å²) >= 11 is 0. The lowest BCUT2D eigenvalue weighted by Crippen LogP contribution is -2.42. The minimum atomic E-state index is 0. The second kappa shape index (κ2) is 12.0. The van der Waals surface area contributed by atoms with Crippen molar-refractivity contribution >= 4 is 29.9 Å². The van der Waals surface area contributed by atoms with Crippen molar-refractivity contribution < 1.29 is 0 Å². The zero-order chi connectivity index (χ0) is 19.1. The highest BCUT2D eigenvalue weighted by atomic mass is 127. The third kappa shape index (κ3) is 7.52. The van der Waals surface area contributed by atoms with Gasteiger partial charge in [0.15, 0.2) is 5.96 Å². The number of nitrogens with zero attached hydrogens (tertiary/aromatic N) is 3. The highest BCUT2D eigenvalue weighted by molar-refractivity contribution is 14.0. The maximum atomic E-state index is 4.39. The van der Waals surface area contributed by atoms with Gasteiger partial charge in [0.25, 0.3) is 0 Å². The molecule has 2 atom stereocenters. The van der Waals surface area contributed by atoms with Crippen LogP contribution in [0.3, 0.4) is 0 Å². The van der Waals surface area contributed by atoms with Crippen LogP contribution in [-0.4, -0.2) is 68.1 Å². The van der Waals surface area contributed by atoms with Crippen molar-refractivity contribution in [1.29, 1.82) is 0 Å². The Bertz CT molecular complexity index is 590. The van der Waals surface area contributed by atoms with Gasteiger partial charge in [-0.05, 0) is 57.7 Å². The molecule has 0 aromatic heterocycles. The number of hydrogen-bond donors (Lipinski definition) is 2. The SMILES string of the molecule is CN=C(NCCC(C)N(C)Cc1ccccc1)NCC1CCN(C2CC2)C1.I. The molecule has 1 aromatic rings. The summed E-state index contributed by atoms with van der Waals surface area (Å²) in [6.45, 7) is 7.81. The van der Waals surface area contributed by atoms with Crippen molar-refractivity contribution in [2.45, 2.75) is 51.2 Å². The maximum absolute atomic E-state index is 4.39.